The molecule has 1 aromatic rings. The Bertz CT molecular complexity index is 266. The molecule has 0 aliphatic carbocycles. The van der Waals surface area contributed by atoms with E-state index in [-0.39, 0.29) is 12.4 Å². The summed E-state index contributed by atoms with van der Waals surface area (Å²) in [6.45, 7) is 6.89. The highest BCUT2D eigenvalue weighted by Crippen LogP contribution is 2.12. The lowest BCUT2D eigenvalue weighted by atomic mass is 10.2. The van der Waals surface area contributed by atoms with E-state index in [1.54, 1.807) is 0 Å². The lowest BCUT2D eigenvalue weighted by Gasteiger charge is -2.06. The molecule has 0 spiro atoms. The standard InChI is InChI=1S/C12H19NO.ClH/c1-3-8-13-10-11-6-5-7-12(9-11)14-4-2;/h5-7,9,13H,3-4,8,10H2,1-2H3;1H. The fourth-order valence-electron chi connectivity index (χ4n) is 1.32. The monoisotopic (exact) mass is 229 g/mol. The first-order valence-corrected chi connectivity index (χ1v) is 5.29. The first-order chi connectivity index (χ1) is 6.86. The van der Waals surface area contributed by atoms with Crippen molar-refractivity contribution in [2.75, 3.05) is 13.2 Å². The summed E-state index contributed by atoms with van der Waals surface area (Å²) in [6.07, 6.45) is 1.17. The van der Waals surface area contributed by atoms with Crippen molar-refractivity contribution in [1.29, 1.82) is 0 Å². The molecule has 15 heavy (non-hydrogen) atoms. The highest BCUT2D eigenvalue weighted by molar-refractivity contribution is 5.85. The van der Waals surface area contributed by atoms with Gasteiger partial charge in [0.25, 0.3) is 0 Å². The van der Waals surface area contributed by atoms with Gasteiger partial charge in [0, 0.05) is 6.54 Å². The molecule has 1 aromatic carbocycles. The summed E-state index contributed by atoms with van der Waals surface area (Å²) in [5.74, 6) is 0.961. The van der Waals surface area contributed by atoms with Crippen LogP contribution < -0.4 is 10.1 Å². The van der Waals surface area contributed by atoms with Crippen molar-refractivity contribution < 1.29 is 4.74 Å². The second-order valence-corrected chi connectivity index (χ2v) is 3.26. The van der Waals surface area contributed by atoms with Crippen LogP contribution in [0, 0.1) is 0 Å². The Hall–Kier alpha value is -0.730. The number of nitrogens with one attached hydrogen (secondary N) is 1. The van der Waals surface area contributed by atoms with Gasteiger partial charge in [-0.1, -0.05) is 19.1 Å². The van der Waals surface area contributed by atoms with Crippen LogP contribution in [0.2, 0.25) is 0 Å². The maximum absolute atomic E-state index is 5.43. The van der Waals surface area contributed by atoms with Crippen molar-refractivity contribution in [3.8, 4) is 5.75 Å². The average molecular weight is 230 g/mol. The van der Waals surface area contributed by atoms with E-state index in [0.29, 0.717) is 0 Å². The second kappa shape index (κ2) is 8.57. The predicted molar refractivity (Wildman–Crippen MR) is 66.9 cm³/mol. The van der Waals surface area contributed by atoms with Crippen molar-refractivity contribution in [2.45, 2.75) is 26.8 Å². The van der Waals surface area contributed by atoms with E-state index >= 15 is 0 Å². The molecule has 0 saturated carbocycles. The Morgan fingerprint density at radius 2 is 2.07 bits per heavy atom. The topological polar surface area (TPSA) is 21.3 Å². The molecule has 0 radical (unpaired) electrons. The molecular formula is C12H20ClNO. The van der Waals surface area contributed by atoms with E-state index in [1.165, 1.54) is 12.0 Å². The van der Waals surface area contributed by atoms with Gasteiger partial charge in [-0.3, -0.25) is 0 Å². The zero-order chi connectivity index (χ0) is 10.2. The maximum atomic E-state index is 5.43. The summed E-state index contributed by atoms with van der Waals surface area (Å²) < 4.78 is 5.43. The zero-order valence-electron chi connectivity index (χ0n) is 9.45. The Morgan fingerprint density at radius 1 is 1.27 bits per heavy atom. The quantitative estimate of drug-likeness (QED) is 0.758. The lowest BCUT2D eigenvalue weighted by molar-refractivity contribution is 0.340. The highest BCUT2D eigenvalue weighted by atomic mass is 35.5. The Labute approximate surface area is 98.4 Å². The SMILES string of the molecule is CCCNCc1cccc(OCC)c1.Cl. The van der Waals surface area contributed by atoms with Gasteiger partial charge in [0.15, 0.2) is 0 Å². The molecule has 0 amide bonds. The first kappa shape index (κ1) is 14.3. The Kier molecular flexibility index (Phi) is 8.15. The number of rotatable bonds is 6. The molecule has 0 unspecified atom stereocenters. The van der Waals surface area contributed by atoms with E-state index in [9.17, 15) is 0 Å². The normalized spacial score (nSPS) is 9.47. The summed E-state index contributed by atoms with van der Waals surface area (Å²) >= 11 is 0. The molecule has 0 aromatic heterocycles. The molecular weight excluding hydrogens is 210 g/mol. The van der Waals surface area contributed by atoms with E-state index in [4.69, 9.17) is 4.74 Å². The third-order valence-corrected chi connectivity index (χ3v) is 1.97. The van der Waals surface area contributed by atoms with E-state index in [0.717, 1.165) is 25.4 Å². The lowest BCUT2D eigenvalue weighted by Crippen LogP contribution is -2.13. The fraction of sp³-hybridized carbons (Fsp3) is 0.500. The van der Waals surface area contributed by atoms with Crippen LogP contribution in [0.3, 0.4) is 0 Å². The summed E-state index contributed by atoms with van der Waals surface area (Å²) in [6, 6.07) is 8.23. The minimum atomic E-state index is 0. The number of benzene rings is 1. The molecule has 0 saturated heterocycles. The van der Waals surface area contributed by atoms with Gasteiger partial charge in [0.1, 0.15) is 5.75 Å². The van der Waals surface area contributed by atoms with Crippen LogP contribution >= 0.6 is 12.4 Å². The molecule has 0 atom stereocenters. The fourth-order valence-corrected chi connectivity index (χ4v) is 1.32. The van der Waals surface area contributed by atoms with Crippen LogP contribution in [-0.2, 0) is 6.54 Å². The maximum Gasteiger partial charge on any atom is 0.119 e. The van der Waals surface area contributed by atoms with Crippen molar-refractivity contribution in [2.24, 2.45) is 0 Å². The van der Waals surface area contributed by atoms with E-state index < -0.39 is 0 Å². The van der Waals surface area contributed by atoms with Gasteiger partial charge in [0.2, 0.25) is 0 Å². The molecule has 1 rings (SSSR count). The summed E-state index contributed by atoms with van der Waals surface area (Å²) in [5.41, 5.74) is 1.28. The average Bonchev–Trinajstić information content (AvgIpc) is 2.19. The Balaban J connectivity index is 0.00000196. The summed E-state index contributed by atoms with van der Waals surface area (Å²) in [7, 11) is 0. The molecule has 3 heteroatoms. The summed E-state index contributed by atoms with van der Waals surface area (Å²) in [4.78, 5) is 0. The van der Waals surface area contributed by atoms with Gasteiger partial charge in [-0.15, -0.1) is 12.4 Å². The van der Waals surface area contributed by atoms with Crippen LogP contribution in [0.25, 0.3) is 0 Å². The van der Waals surface area contributed by atoms with Gasteiger partial charge in [0.05, 0.1) is 6.61 Å². The number of hydrogen-bond acceptors (Lipinski definition) is 2. The van der Waals surface area contributed by atoms with Crippen molar-refractivity contribution in [3.63, 3.8) is 0 Å². The highest BCUT2D eigenvalue weighted by Gasteiger charge is 1.95. The third kappa shape index (κ3) is 5.65. The Morgan fingerprint density at radius 3 is 2.73 bits per heavy atom. The van der Waals surface area contributed by atoms with Crippen LogP contribution in [0.15, 0.2) is 24.3 Å². The molecule has 0 bridgehead atoms. The van der Waals surface area contributed by atoms with Crippen LogP contribution in [0.1, 0.15) is 25.8 Å². The largest absolute Gasteiger partial charge is 0.494 e. The van der Waals surface area contributed by atoms with Gasteiger partial charge in [-0.2, -0.15) is 0 Å². The van der Waals surface area contributed by atoms with E-state index in [1.807, 2.05) is 19.1 Å². The van der Waals surface area contributed by atoms with Gasteiger partial charge >= 0.3 is 0 Å². The van der Waals surface area contributed by atoms with Crippen LogP contribution in [-0.4, -0.2) is 13.2 Å². The number of halogens is 1. The van der Waals surface area contributed by atoms with E-state index in [2.05, 4.69) is 24.4 Å². The third-order valence-electron chi connectivity index (χ3n) is 1.97. The second-order valence-electron chi connectivity index (χ2n) is 3.26. The van der Waals surface area contributed by atoms with Gasteiger partial charge in [-0.25, -0.2) is 0 Å². The molecule has 0 fully saturated rings. The van der Waals surface area contributed by atoms with Gasteiger partial charge < -0.3 is 10.1 Å². The summed E-state index contributed by atoms with van der Waals surface area (Å²) in [5, 5.41) is 3.37. The number of ether oxygens (including phenoxy) is 1. The van der Waals surface area contributed by atoms with Crippen molar-refractivity contribution >= 4 is 12.4 Å². The molecule has 0 aliphatic rings. The minimum Gasteiger partial charge on any atom is -0.494 e. The number of hydrogen-bond donors (Lipinski definition) is 1. The molecule has 2 nitrogen and oxygen atoms in total. The first-order valence-electron chi connectivity index (χ1n) is 5.29. The van der Waals surface area contributed by atoms with Crippen molar-refractivity contribution in [3.05, 3.63) is 29.8 Å². The molecule has 0 heterocycles. The zero-order valence-corrected chi connectivity index (χ0v) is 10.3. The van der Waals surface area contributed by atoms with Crippen LogP contribution in [0.5, 0.6) is 5.75 Å². The molecule has 1 N–H and O–H groups in total. The smallest absolute Gasteiger partial charge is 0.119 e. The minimum absolute atomic E-state index is 0. The van der Waals surface area contributed by atoms with Crippen LogP contribution in [0.4, 0.5) is 0 Å². The molecule has 0 aliphatic heterocycles. The predicted octanol–water partition coefficient (Wildman–Crippen LogP) is 3.01. The van der Waals surface area contributed by atoms with Crippen molar-refractivity contribution in [1.82, 2.24) is 5.32 Å². The molecule has 86 valence electrons. The van der Waals surface area contributed by atoms with Gasteiger partial charge in [-0.05, 0) is 37.6 Å².